The Kier molecular flexibility index (Phi) is 7.38. The monoisotopic (exact) mass is 716 g/mol. The third kappa shape index (κ3) is 5.27. The fourth-order valence-corrected chi connectivity index (χ4v) is 8.11. The van der Waals surface area contributed by atoms with Crippen molar-refractivity contribution in [2.45, 2.75) is 0 Å². The molecule has 0 spiro atoms. The van der Waals surface area contributed by atoms with Gasteiger partial charge >= 0.3 is 0 Å². The van der Waals surface area contributed by atoms with Gasteiger partial charge in [0.15, 0.2) is 5.82 Å². The van der Waals surface area contributed by atoms with E-state index in [0.29, 0.717) is 11.5 Å². The van der Waals surface area contributed by atoms with Gasteiger partial charge in [0.25, 0.3) is 0 Å². The molecule has 0 bridgehead atoms. The van der Waals surface area contributed by atoms with Gasteiger partial charge in [-0.2, -0.15) is 0 Å². The number of hydrogen-bond donors (Lipinski definition) is 0. The quantitative estimate of drug-likeness (QED) is 0.172. The molecule has 5 aromatic heterocycles. The van der Waals surface area contributed by atoms with E-state index in [1.165, 1.54) is 43.6 Å². The van der Waals surface area contributed by atoms with Gasteiger partial charge < -0.3 is 9.13 Å². The van der Waals surface area contributed by atoms with Gasteiger partial charge in [-0.05, 0) is 83.9 Å². The van der Waals surface area contributed by atoms with Gasteiger partial charge in [0.1, 0.15) is 5.69 Å². The van der Waals surface area contributed by atoms with Gasteiger partial charge in [-0.1, -0.05) is 109 Å². The lowest BCUT2D eigenvalue weighted by molar-refractivity contribution is 1.13. The number of nitrogens with zero attached hydrogens (tertiary/aromatic N) is 6. The molecular weight excluding hydrogens is 685 g/mol. The maximum Gasteiger partial charge on any atom is 0.179 e. The van der Waals surface area contributed by atoms with Crippen molar-refractivity contribution in [3.8, 4) is 56.7 Å². The normalized spacial score (nSPS) is 11.6. The van der Waals surface area contributed by atoms with Crippen LogP contribution in [0.3, 0.4) is 0 Å². The van der Waals surface area contributed by atoms with Gasteiger partial charge in [0.05, 0.1) is 39.1 Å². The molecule has 0 unspecified atom stereocenters. The average Bonchev–Trinajstić information content (AvgIpc) is 3.80. The minimum absolute atomic E-state index is 0.558. The Balaban J connectivity index is 1.11. The van der Waals surface area contributed by atoms with E-state index in [1.807, 2.05) is 42.5 Å². The van der Waals surface area contributed by atoms with Crippen LogP contribution in [0.5, 0.6) is 0 Å². The summed E-state index contributed by atoms with van der Waals surface area (Å²) in [7, 11) is 0. The molecule has 0 atom stereocenters. The van der Waals surface area contributed by atoms with E-state index >= 15 is 0 Å². The van der Waals surface area contributed by atoms with Crippen molar-refractivity contribution in [1.29, 1.82) is 0 Å². The maximum atomic E-state index is 5.01. The van der Waals surface area contributed by atoms with Crippen LogP contribution in [0.4, 0.5) is 0 Å². The van der Waals surface area contributed by atoms with Crippen molar-refractivity contribution in [3.63, 3.8) is 0 Å². The van der Waals surface area contributed by atoms with Crippen LogP contribution in [0.25, 0.3) is 100 Å². The number of pyridine rings is 2. The molecule has 11 rings (SSSR count). The van der Waals surface area contributed by atoms with Gasteiger partial charge in [0.2, 0.25) is 0 Å². The van der Waals surface area contributed by atoms with E-state index in [1.54, 1.807) is 12.4 Å². The number of hydrogen-bond acceptors (Lipinski definition) is 4. The minimum atomic E-state index is 0.558. The fraction of sp³-hybridized carbons (Fsp3) is 0. The van der Waals surface area contributed by atoms with Gasteiger partial charge in [-0.3, -0.25) is 9.97 Å². The second-order valence-corrected chi connectivity index (χ2v) is 13.9. The number of rotatable bonds is 6. The van der Waals surface area contributed by atoms with Gasteiger partial charge in [-0.25, -0.2) is 9.97 Å². The average molecular weight is 717 g/mol. The number of fused-ring (bicyclic) bond motifs is 6. The zero-order chi connectivity index (χ0) is 37.0. The molecular formula is C50H32N6. The van der Waals surface area contributed by atoms with E-state index in [2.05, 4.69) is 159 Å². The lowest BCUT2D eigenvalue weighted by Crippen LogP contribution is -2.00. The molecule has 6 heteroatoms. The Bertz CT molecular complexity index is 2940. The Morgan fingerprint density at radius 1 is 0.304 bits per heavy atom. The van der Waals surface area contributed by atoms with Crippen LogP contribution in [-0.2, 0) is 0 Å². The van der Waals surface area contributed by atoms with Crippen LogP contribution in [0.2, 0.25) is 0 Å². The van der Waals surface area contributed by atoms with Gasteiger partial charge in [0, 0.05) is 50.9 Å². The highest BCUT2D eigenvalue weighted by Crippen LogP contribution is 2.38. The van der Waals surface area contributed by atoms with Crippen LogP contribution < -0.4 is 0 Å². The summed E-state index contributed by atoms with van der Waals surface area (Å²) in [5.41, 5.74) is 13.1. The van der Waals surface area contributed by atoms with E-state index in [9.17, 15) is 0 Å². The Morgan fingerprint density at radius 3 is 1.21 bits per heavy atom. The molecule has 0 aliphatic rings. The molecule has 5 heterocycles. The summed E-state index contributed by atoms with van der Waals surface area (Å²) in [6.45, 7) is 0. The third-order valence-electron chi connectivity index (χ3n) is 10.6. The summed E-state index contributed by atoms with van der Waals surface area (Å²) in [4.78, 5) is 19.0. The molecule has 0 saturated heterocycles. The third-order valence-corrected chi connectivity index (χ3v) is 10.6. The van der Waals surface area contributed by atoms with Gasteiger partial charge in [-0.15, -0.1) is 0 Å². The summed E-state index contributed by atoms with van der Waals surface area (Å²) in [6, 6.07) is 64.0. The second-order valence-electron chi connectivity index (χ2n) is 13.9. The molecule has 0 saturated carbocycles. The van der Waals surface area contributed by atoms with Crippen molar-refractivity contribution < 1.29 is 0 Å². The van der Waals surface area contributed by atoms with E-state index in [-0.39, 0.29) is 0 Å². The maximum absolute atomic E-state index is 5.01. The highest BCUT2D eigenvalue weighted by Gasteiger charge is 2.18. The first kappa shape index (κ1) is 31.8. The largest absolute Gasteiger partial charge is 0.309 e. The molecule has 11 aromatic rings. The Hall–Kier alpha value is -7.70. The summed E-state index contributed by atoms with van der Waals surface area (Å²) < 4.78 is 4.80. The standard InChI is InChI=1S/C50H32N6/c1-5-19-46-38(13-1)39-14-2-6-20-47(39)55(46)36-29-35(30-37(31-36)56-48-21-7-3-15-40(48)41-16-4-8-22-49(41)56)33-23-25-34(26-24-33)44-32-45(42-17-9-11-27-51-42)54-50(53-44)43-18-10-12-28-52-43/h1-32H. The topological polar surface area (TPSA) is 61.4 Å². The first-order chi connectivity index (χ1) is 27.8. The first-order valence-corrected chi connectivity index (χ1v) is 18.7. The molecule has 56 heavy (non-hydrogen) atoms. The van der Waals surface area contributed by atoms with Crippen molar-refractivity contribution in [1.82, 2.24) is 29.1 Å². The first-order valence-electron chi connectivity index (χ1n) is 18.7. The molecule has 0 aliphatic heterocycles. The number of benzene rings is 6. The highest BCUT2D eigenvalue weighted by atomic mass is 15.0. The van der Waals surface area contributed by atoms with Crippen LogP contribution in [0.15, 0.2) is 194 Å². The van der Waals surface area contributed by atoms with E-state index in [4.69, 9.17) is 9.97 Å². The summed E-state index contributed by atoms with van der Waals surface area (Å²) in [5, 5.41) is 4.93. The fourth-order valence-electron chi connectivity index (χ4n) is 8.11. The lowest BCUT2D eigenvalue weighted by atomic mass is 10.0. The number of aromatic nitrogens is 6. The zero-order valence-corrected chi connectivity index (χ0v) is 30.2. The molecule has 6 aromatic carbocycles. The summed E-state index contributed by atoms with van der Waals surface area (Å²) in [6.07, 6.45) is 3.55. The number of para-hydroxylation sites is 4. The summed E-state index contributed by atoms with van der Waals surface area (Å²) in [5.74, 6) is 0.558. The Labute approximate surface area is 322 Å². The van der Waals surface area contributed by atoms with Crippen molar-refractivity contribution in [3.05, 3.63) is 194 Å². The lowest BCUT2D eigenvalue weighted by Gasteiger charge is -2.16. The Morgan fingerprint density at radius 2 is 0.732 bits per heavy atom. The zero-order valence-electron chi connectivity index (χ0n) is 30.2. The molecule has 262 valence electrons. The van der Waals surface area contributed by atoms with E-state index in [0.717, 1.165) is 45.1 Å². The van der Waals surface area contributed by atoms with Crippen LogP contribution in [0.1, 0.15) is 0 Å². The molecule has 6 nitrogen and oxygen atoms in total. The van der Waals surface area contributed by atoms with Crippen molar-refractivity contribution >= 4 is 43.6 Å². The highest BCUT2D eigenvalue weighted by molar-refractivity contribution is 6.10. The SMILES string of the molecule is c1ccc(-c2cc(-c3ccc(-c4cc(-n5c6ccccc6c6ccccc65)cc(-n5c6ccccc6c6ccccc65)c4)cc3)nc(-c3ccccn3)n2)nc1. The molecule has 0 radical (unpaired) electrons. The molecule has 0 fully saturated rings. The molecule has 0 N–H and O–H groups in total. The van der Waals surface area contributed by atoms with E-state index < -0.39 is 0 Å². The van der Waals surface area contributed by atoms with Crippen molar-refractivity contribution in [2.75, 3.05) is 0 Å². The van der Waals surface area contributed by atoms with Crippen LogP contribution >= 0.6 is 0 Å². The molecule has 0 aliphatic carbocycles. The molecule has 0 amide bonds. The predicted octanol–water partition coefficient (Wildman–Crippen LogP) is 12.1. The van der Waals surface area contributed by atoms with Crippen LogP contribution in [-0.4, -0.2) is 29.1 Å². The van der Waals surface area contributed by atoms with Crippen molar-refractivity contribution in [2.24, 2.45) is 0 Å². The summed E-state index contributed by atoms with van der Waals surface area (Å²) >= 11 is 0. The van der Waals surface area contributed by atoms with Crippen LogP contribution in [0, 0.1) is 0 Å². The second kappa shape index (κ2) is 13.0. The minimum Gasteiger partial charge on any atom is -0.309 e. The smallest absolute Gasteiger partial charge is 0.179 e. The predicted molar refractivity (Wildman–Crippen MR) is 228 cm³/mol.